The van der Waals surface area contributed by atoms with Crippen LogP contribution < -0.4 is 4.90 Å². The maximum atomic E-state index is 14.4. The summed E-state index contributed by atoms with van der Waals surface area (Å²) in [5.41, 5.74) is 4.89. The van der Waals surface area contributed by atoms with E-state index in [2.05, 4.69) is 27.4 Å². The molecule has 8 heteroatoms. The summed E-state index contributed by atoms with van der Waals surface area (Å²) in [5, 5.41) is 0. The highest BCUT2D eigenvalue weighted by Gasteiger charge is 2.41. The van der Waals surface area contributed by atoms with Crippen molar-refractivity contribution in [1.29, 1.82) is 0 Å². The molecule has 4 aliphatic heterocycles. The van der Waals surface area contributed by atoms with Crippen LogP contribution in [0.1, 0.15) is 44.0 Å². The number of anilines is 1. The second-order valence-electron chi connectivity index (χ2n) is 10.2. The zero-order valence-electron chi connectivity index (χ0n) is 20.7. The van der Waals surface area contributed by atoms with Crippen molar-refractivity contribution in [2.75, 3.05) is 38.1 Å². The highest BCUT2D eigenvalue weighted by Crippen LogP contribution is 2.37. The lowest BCUT2D eigenvalue weighted by Gasteiger charge is -2.45. The SMILES string of the molecule is CC1=CN2C=C(N(C)C(=O)c3ccc(N4CCN5CCCC5(C)C4)nc3)C=C(C(C)(F)F)C2=C=C1. The van der Waals surface area contributed by atoms with Crippen LogP contribution >= 0.6 is 0 Å². The summed E-state index contributed by atoms with van der Waals surface area (Å²) in [6.45, 7) is 9.05. The standard InChI is InChI=1S/C27H31F2N5O/c1-19-6-8-23-22(27(3,28)29)14-21(17-33(23)16-19)31(4)25(35)20-7-9-24(30-15-20)32-12-13-34-11-5-10-26(34,2)18-32/h6-7,9,14-17H,5,10-13,18H2,1-4H3. The minimum Gasteiger partial charge on any atom is -0.353 e. The monoisotopic (exact) mass is 479 g/mol. The summed E-state index contributed by atoms with van der Waals surface area (Å²) in [4.78, 5) is 25.7. The van der Waals surface area contributed by atoms with E-state index in [9.17, 15) is 13.6 Å². The lowest BCUT2D eigenvalue weighted by molar-refractivity contribution is 0.0621. The topological polar surface area (TPSA) is 42.9 Å². The molecule has 0 N–H and O–H groups in total. The lowest BCUT2D eigenvalue weighted by Crippen LogP contribution is -2.57. The van der Waals surface area contributed by atoms with Crippen molar-refractivity contribution in [3.05, 3.63) is 76.7 Å². The quantitative estimate of drug-likeness (QED) is 0.594. The molecule has 4 aliphatic rings. The Morgan fingerprint density at radius 2 is 2.03 bits per heavy atom. The van der Waals surface area contributed by atoms with Crippen molar-refractivity contribution in [3.63, 3.8) is 0 Å². The molecule has 0 spiro atoms. The van der Waals surface area contributed by atoms with E-state index in [0.717, 1.165) is 44.5 Å². The third-order valence-electron chi connectivity index (χ3n) is 7.42. The van der Waals surface area contributed by atoms with Crippen LogP contribution in [0.15, 0.2) is 71.2 Å². The van der Waals surface area contributed by atoms with E-state index in [4.69, 9.17) is 0 Å². The Labute approximate surface area is 205 Å². The fourth-order valence-corrected chi connectivity index (χ4v) is 5.39. The van der Waals surface area contributed by atoms with Crippen molar-refractivity contribution in [3.8, 4) is 0 Å². The van der Waals surface area contributed by atoms with Crippen LogP contribution in [0.4, 0.5) is 14.6 Å². The van der Waals surface area contributed by atoms with E-state index in [0.29, 0.717) is 11.3 Å². The number of allylic oxidation sites excluding steroid dienone is 3. The zero-order chi connectivity index (χ0) is 25.0. The number of fused-ring (bicyclic) bond motifs is 2. The number of pyridine rings is 1. The number of likely N-dealkylation sites (N-methyl/N-ethyl adjacent to an activating group) is 1. The Morgan fingerprint density at radius 3 is 2.74 bits per heavy atom. The van der Waals surface area contributed by atoms with Gasteiger partial charge in [0.2, 0.25) is 0 Å². The molecule has 6 nitrogen and oxygen atoms in total. The number of nitrogens with zero attached hydrogens (tertiary/aromatic N) is 5. The molecule has 1 aromatic heterocycles. The van der Waals surface area contributed by atoms with E-state index in [1.807, 2.05) is 13.0 Å². The number of carbonyl (C=O) groups excluding carboxylic acids is 1. The molecule has 2 fully saturated rings. The predicted molar refractivity (Wildman–Crippen MR) is 132 cm³/mol. The normalized spacial score (nSPS) is 24.3. The van der Waals surface area contributed by atoms with Gasteiger partial charge in [0.05, 0.1) is 22.5 Å². The predicted octanol–water partition coefficient (Wildman–Crippen LogP) is 4.52. The number of piperazine rings is 1. The molecule has 0 aromatic carbocycles. The smallest absolute Gasteiger partial charge is 0.273 e. The third kappa shape index (κ3) is 4.32. The summed E-state index contributed by atoms with van der Waals surface area (Å²) in [5.74, 6) is -2.53. The van der Waals surface area contributed by atoms with E-state index in [1.165, 1.54) is 23.8 Å². The van der Waals surface area contributed by atoms with Crippen LogP contribution in [0.25, 0.3) is 0 Å². The number of carbonyl (C=O) groups is 1. The molecule has 1 aromatic rings. The molecular weight excluding hydrogens is 448 g/mol. The molecule has 35 heavy (non-hydrogen) atoms. The third-order valence-corrected chi connectivity index (χ3v) is 7.42. The van der Waals surface area contributed by atoms with Crippen molar-refractivity contribution in [2.24, 2.45) is 0 Å². The van der Waals surface area contributed by atoms with Crippen LogP contribution in [-0.2, 0) is 0 Å². The van der Waals surface area contributed by atoms with Gasteiger partial charge in [-0.15, -0.1) is 0 Å². The second kappa shape index (κ2) is 8.47. The first kappa shape index (κ1) is 23.5. The summed E-state index contributed by atoms with van der Waals surface area (Å²) in [7, 11) is 1.59. The summed E-state index contributed by atoms with van der Waals surface area (Å²) >= 11 is 0. The Balaban J connectivity index is 1.36. The van der Waals surface area contributed by atoms with E-state index < -0.39 is 5.92 Å². The Morgan fingerprint density at radius 1 is 1.23 bits per heavy atom. The summed E-state index contributed by atoms with van der Waals surface area (Å²) < 4.78 is 28.9. The van der Waals surface area contributed by atoms with Gasteiger partial charge in [-0.05, 0) is 63.1 Å². The maximum Gasteiger partial charge on any atom is 0.273 e. The van der Waals surface area contributed by atoms with Crippen LogP contribution in [0.5, 0.6) is 0 Å². The van der Waals surface area contributed by atoms with Crippen molar-refractivity contribution >= 4 is 11.7 Å². The molecule has 5 heterocycles. The average molecular weight is 480 g/mol. The molecule has 0 bridgehead atoms. The van der Waals surface area contributed by atoms with Crippen LogP contribution in [-0.4, -0.2) is 70.3 Å². The van der Waals surface area contributed by atoms with Gasteiger partial charge in [-0.25, -0.2) is 13.8 Å². The lowest BCUT2D eigenvalue weighted by atomic mass is 9.96. The number of hydrogen-bond donors (Lipinski definition) is 0. The molecule has 5 rings (SSSR count). The number of halogens is 2. The van der Waals surface area contributed by atoms with Gasteiger partial charge in [-0.1, -0.05) is 5.73 Å². The molecule has 0 radical (unpaired) electrons. The molecule has 2 saturated heterocycles. The number of alkyl halides is 2. The number of rotatable bonds is 4. The van der Waals surface area contributed by atoms with Crippen LogP contribution in [0.2, 0.25) is 0 Å². The van der Waals surface area contributed by atoms with Gasteiger partial charge >= 0.3 is 0 Å². The van der Waals surface area contributed by atoms with Gasteiger partial charge in [0.15, 0.2) is 0 Å². The fourth-order valence-electron chi connectivity index (χ4n) is 5.39. The molecule has 1 amide bonds. The highest BCUT2D eigenvalue weighted by atomic mass is 19.3. The molecule has 1 atom stereocenters. The minimum atomic E-state index is -3.08. The van der Waals surface area contributed by atoms with Gasteiger partial charge in [-0.2, -0.15) is 0 Å². The zero-order valence-corrected chi connectivity index (χ0v) is 20.7. The number of aromatic nitrogens is 1. The first-order valence-corrected chi connectivity index (χ1v) is 12.0. The van der Waals surface area contributed by atoms with Crippen molar-refractivity contribution in [1.82, 2.24) is 19.7 Å². The molecule has 1 unspecified atom stereocenters. The second-order valence-corrected chi connectivity index (χ2v) is 10.2. The minimum absolute atomic E-state index is 0.178. The van der Waals surface area contributed by atoms with Crippen molar-refractivity contribution < 1.29 is 13.6 Å². The Bertz CT molecular complexity index is 1200. The largest absolute Gasteiger partial charge is 0.353 e. The van der Waals surface area contributed by atoms with E-state index in [-0.39, 0.29) is 22.7 Å². The molecule has 184 valence electrons. The van der Waals surface area contributed by atoms with Gasteiger partial charge in [-0.3, -0.25) is 9.69 Å². The molecule has 0 aliphatic carbocycles. The van der Waals surface area contributed by atoms with Gasteiger partial charge in [0.1, 0.15) is 5.82 Å². The van der Waals surface area contributed by atoms with Gasteiger partial charge < -0.3 is 14.7 Å². The highest BCUT2D eigenvalue weighted by molar-refractivity contribution is 5.95. The van der Waals surface area contributed by atoms with Crippen molar-refractivity contribution in [2.45, 2.75) is 45.1 Å². The first-order chi connectivity index (χ1) is 16.5. The summed E-state index contributed by atoms with van der Waals surface area (Å²) in [6, 6.07) is 3.65. The van der Waals surface area contributed by atoms with Gasteiger partial charge in [0.25, 0.3) is 11.8 Å². The fraction of sp³-hybridized carbons (Fsp3) is 0.444. The Kier molecular flexibility index (Phi) is 5.69. The van der Waals surface area contributed by atoms with Crippen LogP contribution in [0.3, 0.4) is 0 Å². The average Bonchev–Trinajstić information content (AvgIpc) is 3.22. The maximum absolute atomic E-state index is 14.4. The molecular formula is C27H31F2N5O. The van der Waals surface area contributed by atoms with Crippen LogP contribution in [0, 0.1) is 0 Å². The summed E-state index contributed by atoms with van der Waals surface area (Å²) in [6.07, 6.45) is 10.5. The number of hydrogen-bond acceptors (Lipinski definition) is 5. The van der Waals surface area contributed by atoms with E-state index in [1.54, 1.807) is 42.7 Å². The Hall–Kier alpha value is -3.22. The van der Waals surface area contributed by atoms with Gasteiger partial charge in [0, 0.05) is 57.7 Å². The van der Waals surface area contributed by atoms with E-state index >= 15 is 0 Å². The number of amides is 1. The first-order valence-electron chi connectivity index (χ1n) is 12.0. The molecule has 0 saturated carbocycles.